The number of sulfonamides is 1. The standard InChI is InChI=1S/C15H23Cl2NO2S/c1-2-3-4-5-6-7-8-11-18-21(19,20)15-12-13(16)9-10-14(15)17/h9-10,12,18H,2-8,11H2,1H3. The molecule has 0 unspecified atom stereocenters. The summed E-state index contributed by atoms with van der Waals surface area (Å²) in [4.78, 5) is 0.0413. The van der Waals surface area contributed by atoms with Crippen LogP contribution in [0.3, 0.4) is 0 Å². The van der Waals surface area contributed by atoms with Gasteiger partial charge in [0, 0.05) is 11.6 Å². The first kappa shape index (κ1) is 18.8. The molecule has 0 aliphatic heterocycles. The minimum absolute atomic E-state index is 0.0413. The Balaban J connectivity index is 2.35. The molecule has 1 aromatic carbocycles. The Labute approximate surface area is 138 Å². The maximum absolute atomic E-state index is 12.1. The maximum atomic E-state index is 12.1. The van der Waals surface area contributed by atoms with Gasteiger partial charge >= 0.3 is 0 Å². The topological polar surface area (TPSA) is 46.2 Å². The Bertz CT molecular complexity index is 532. The highest BCUT2D eigenvalue weighted by Gasteiger charge is 2.17. The van der Waals surface area contributed by atoms with Crippen LogP contribution in [-0.4, -0.2) is 15.0 Å². The van der Waals surface area contributed by atoms with Crippen LogP contribution < -0.4 is 4.72 Å². The van der Waals surface area contributed by atoms with Gasteiger partial charge in [0.05, 0.1) is 5.02 Å². The molecule has 3 nitrogen and oxygen atoms in total. The average molecular weight is 352 g/mol. The van der Waals surface area contributed by atoms with Crippen molar-refractivity contribution >= 4 is 33.2 Å². The average Bonchev–Trinajstić information content (AvgIpc) is 2.44. The summed E-state index contributed by atoms with van der Waals surface area (Å²) in [5.41, 5.74) is 0. The van der Waals surface area contributed by atoms with Crippen molar-refractivity contribution in [3.63, 3.8) is 0 Å². The Morgan fingerprint density at radius 2 is 1.62 bits per heavy atom. The fourth-order valence-electron chi connectivity index (χ4n) is 2.05. The first-order chi connectivity index (χ1) is 9.97. The molecular formula is C15H23Cl2NO2S. The Morgan fingerprint density at radius 1 is 1.00 bits per heavy atom. The summed E-state index contributed by atoms with van der Waals surface area (Å²) >= 11 is 11.7. The van der Waals surface area contributed by atoms with Gasteiger partial charge < -0.3 is 0 Å². The van der Waals surface area contributed by atoms with E-state index in [2.05, 4.69) is 11.6 Å². The molecule has 1 aromatic rings. The van der Waals surface area contributed by atoms with E-state index in [0.29, 0.717) is 11.6 Å². The number of nitrogens with one attached hydrogen (secondary N) is 1. The molecule has 0 radical (unpaired) electrons. The molecule has 0 aromatic heterocycles. The van der Waals surface area contributed by atoms with Crippen molar-refractivity contribution in [2.45, 2.75) is 56.8 Å². The van der Waals surface area contributed by atoms with Crippen LogP contribution in [0.15, 0.2) is 23.1 Å². The van der Waals surface area contributed by atoms with Gasteiger partial charge in [-0.15, -0.1) is 0 Å². The van der Waals surface area contributed by atoms with Crippen molar-refractivity contribution in [2.24, 2.45) is 0 Å². The van der Waals surface area contributed by atoms with E-state index in [1.807, 2.05) is 0 Å². The molecule has 120 valence electrons. The van der Waals surface area contributed by atoms with E-state index >= 15 is 0 Å². The molecule has 0 saturated carbocycles. The summed E-state index contributed by atoms with van der Waals surface area (Å²) in [6, 6.07) is 4.43. The number of hydrogen-bond donors (Lipinski definition) is 1. The van der Waals surface area contributed by atoms with E-state index in [1.54, 1.807) is 6.07 Å². The summed E-state index contributed by atoms with van der Waals surface area (Å²) < 4.78 is 26.8. The molecule has 21 heavy (non-hydrogen) atoms. The van der Waals surface area contributed by atoms with E-state index in [1.165, 1.54) is 37.8 Å². The molecule has 0 bridgehead atoms. The van der Waals surface area contributed by atoms with Crippen LogP contribution in [0.2, 0.25) is 10.0 Å². The Kier molecular flexibility index (Phi) is 8.64. The number of rotatable bonds is 10. The normalized spacial score (nSPS) is 11.8. The summed E-state index contributed by atoms with van der Waals surface area (Å²) in [7, 11) is -3.58. The summed E-state index contributed by atoms with van der Waals surface area (Å²) in [6.07, 6.45) is 8.03. The van der Waals surface area contributed by atoms with Crippen molar-refractivity contribution in [1.29, 1.82) is 0 Å². The molecule has 0 aliphatic carbocycles. The zero-order valence-corrected chi connectivity index (χ0v) is 14.7. The van der Waals surface area contributed by atoms with Gasteiger partial charge in [0.1, 0.15) is 4.90 Å². The zero-order chi connectivity index (χ0) is 15.7. The van der Waals surface area contributed by atoms with Gasteiger partial charge in [-0.1, -0.05) is 68.7 Å². The van der Waals surface area contributed by atoms with Crippen molar-refractivity contribution in [1.82, 2.24) is 4.72 Å². The quantitative estimate of drug-likeness (QED) is 0.601. The van der Waals surface area contributed by atoms with Crippen molar-refractivity contribution in [3.8, 4) is 0 Å². The molecule has 0 amide bonds. The highest BCUT2D eigenvalue weighted by atomic mass is 35.5. The van der Waals surface area contributed by atoms with Crippen LogP contribution in [0.25, 0.3) is 0 Å². The Hall–Kier alpha value is -0.290. The lowest BCUT2D eigenvalue weighted by molar-refractivity contribution is 0.563. The van der Waals surface area contributed by atoms with Crippen LogP contribution in [0.1, 0.15) is 51.9 Å². The summed E-state index contributed by atoms with van der Waals surface area (Å²) in [5, 5.41) is 0.544. The van der Waals surface area contributed by atoms with E-state index in [9.17, 15) is 8.42 Å². The number of hydrogen-bond acceptors (Lipinski definition) is 2. The minimum Gasteiger partial charge on any atom is -0.211 e. The predicted octanol–water partition coefficient (Wildman–Crippen LogP) is 5.02. The van der Waals surface area contributed by atoms with Gasteiger partial charge in [0.25, 0.3) is 0 Å². The zero-order valence-electron chi connectivity index (χ0n) is 12.4. The highest BCUT2D eigenvalue weighted by molar-refractivity contribution is 7.89. The van der Waals surface area contributed by atoms with Crippen molar-refractivity contribution in [3.05, 3.63) is 28.2 Å². The third-order valence-electron chi connectivity index (χ3n) is 3.26. The second-order valence-corrected chi connectivity index (χ2v) is 7.67. The molecule has 0 spiro atoms. The van der Waals surface area contributed by atoms with E-state index in [4.69, 9.17) is 23.2 Å². The van der Waals surface area contributed by atoms with E-state index in [0.717, 1.165) is 19.3 Å². The van der Waals surface area contributed by atoms with Crippen LogP contribution in [0.5, 0.6) is 0 Å². The molecule has 1 rings (SSSR count). The third-order valence-corrected chi connectivity index (χ3v) is 5.43. The summed E-state index contributed by atoms with van der Waals surface area (Å²) in [5.74, 6) is 0. The van der Waals surface area contributed by atoms with Gasteiger partial charge in [0.15, 0.2) is 0 Å². The molecule has 0 heterocycles. The monoisotopic (exact) mass is 351 g/mol. The Morgan fingerprint density at radius 3 is 2.29 bits per heavy atom. The molecule has 0 saturated heterocycles. The van der Waals surface area contributed by atoms with Gasteiger partial charge in [-0.05, 0) is 24.6 Å². The van der Waals surface area contributed by atoms with Gasteiger partial charge in [-0.25, -0.2) is 13.1 Å². The first-order valence-corrected chi connectivity index (χ1v) is 9.66. The lowest BCUT2D eigenvalue weighted by Gasteiger charge is -2.08. The SMILES string of the molecule is CCCCCCCCCNS(=O)(=O)c1cc(Cl)ccc1Cl. The van der Waals surface area contributed by atoms with Crippen molar-refractivity contribution in [2.75, 3.05) is 6.54 Å². The number of unbranched alkanes of at least 4 members (excludes halogenated alkanes) is 6. The number of halogens is 2. The second-order valence-electron chi connectivity index (χ2n) is 5.09. The fraction of sp³-hybridized carbons (Fsp3) is 0.600. The summed E-state index contributed by atoms with van der Waals surface area (Å²) in [6.45, 7) is 2.62. The fourth-order valence-corrected chi connectivity index (χ4v) is 3.88. The van der Waals surface area contributed by atoms with Crippen LogP contribution >= 0.6 is 23.2 Å². The lowest BCUT2D eigenvalue weighted by Crippen LogP contribution is -2.25. The maximum Gasteiger partial charge on any atom is 0.242 e. The van der Waals surface area contributed by atoms with Crippen LogP contribution in [-0.2, 0) is 10.0 Å². The van der Waals surface area contributed by atoms with E-state index < -0.39 is 10.0 Å². The van der Waals surface area contributed by atoms with Gasteiger partial charge in [-0.2, -0.15) is 0 Å². The molecule has 6 heteroatoms. The number of benzene rings is 1. The lowest BCUT2D eigenvalue weighted by atomic mass is 10.1. The highest BCUT2D eigenvalue weighted by Crippen LogP contribution is 2.24. The molecule has 1 N–H and O–H groups in total. The minimum atomic E-state index is -3.58. The largest absolute Gasteiger partial charge is 0.242 e. The third kappa shape index (κ3) is 7.00. The van der Waals surface area contributed by atoms with Crippen LogP contribution in [0.4, 0.5) is 0 Å². The predicted molar refractivity (Wildman–Crippen MR) is 89.6 cm³/mol. The second kappa shape index (κ2) is 9.67. The van der Waals surface area contributed by atoms with Crippen LogP contribution in [0, 0.1) is 0 Å². The van der Waals surface area contributed by atoms with Gasteiger partial charge in [-0.3, -0.25) is 0 Å². The molecular weight excluding hydrogens is 329 g/mol. The van der Waals surface area contributed by atoms with Gasteiger partial charge in [0.2, 0.25) is 10.0 Å². The first-order valence-electron chi connectivity index (χ1n) is 7.42. The molecule has 0 fully saturated rings. The van der Waals surface area contributed by atoms with E-state index in [-0.39, 0.29) is 9.92 Å². The van der Waals surface area contributed by atoms with Crippen molar-refractivity contribution < 1.29 is 8.42 Å². The molecule has 0 atom stereocenters. The smallest absolute Gasteiger partial charge is 0.211 e. The molecule has 0 aliphatic rings.